The SMILES string of the molecule is CCCC(C)N(CC)C(C)C. The average molecular weight is 157 g/mol. The van der Waals surface area contributed by atoms with Crippen LogP contribution in [-0.2, 0) is 0 Å². The molecule has 0 fully saturated rings. The highest BCUT2D eigenvalue weighted by Gasteiger charge is 2.13. The first-order valence-electron chi connectivity index (χ1n) is 4.89. The molecular weight excluding hydrogens is 134 g/mol. The molecule has 0 aliphatic rings. The van der Waals surface area contributed by atoms with E-state index in [0.29, 0.717) is 6.04 Å². The highest BCUT2D eigenvalue weighted by molar-refractivity contribution is 4.68. The summed E-state index contributed by atoms with van der Waals surface area (Å²) in [5, 5.41) is 0. The zero-order chi connectivity index (χ0) is 8.85. The Morgan fingerprint density at radius 1 is 1.09 bits per heavy atom. The molecule has 0 aliphatic heterocycles. The molecule has 0 N–H and O–H groups in total. The first-order valence-corrected chi connectivity index (χ1v) is 4.89. The molecule has 0 saturated heterocycles. The van der Waals surface area contributed by atoms with Crippen molar-refractivity contribution in [2.24, 2.45) is 0 Å². The predicted octanol–water partition coefficient (Wildman–Crippen LogP) is 2.91. The molecule has 11 heavy (non-hydrogen) atoms. The van der Waals surface area contributed by atoms with Crippen LogP contribution < -0.4 is 0 Å². The third kappa shape index (κ3) is 3.76. The summed E-state index contributed by atoms with van der Waals surface area (Å²) in [6, 6.07) is 1.45. The highest BCUT2D eigenvalue weighted by atomic mass is 15.2. The lowest BCUT2D eigenvalue weighted by molar-refractivity contribution is 0.165. The standard InChI is InChI=1S/C10H23N/c1-6-8-10(5)11(7-2)9(3)4/h9-10H,6-8H2,1-5H3. The van der Waals surface area contributed by atoms with Crippen molar-refractivity contribution in [2.75, 3.05) is 6.54 Å². The topological polar surface area (TPSA) is 3.24 Å². The Morgan fingerprint density at radius 2 is 1.64 bits per heavy atom. The zero-order valence-electron chi connectivity index (χ0n) is 8.72. The van der Waals surface area contributed by atoms with Crippen LogP contribution in [0.4, 0.5) is 0 Å². The lowest BCUT2D eigenvalue weighted by atomic mass is 10.1. The molecule has 0 bridgehead atoms. The second-order valence-electron chi connectivity index (χ2n) is 3.56. The normalized spacial score (nSPS) is 14.5. The van der Waals surface area contributed by atoms with Gasteiger partial charge < -0.3 is 0 Å². The summed E-state index contributed by atoms with van der Waals surface area (Å²) in [5.41, 5.74) is 0. The first kappa shape index (κ1) is 11.0. The van der Waals surface area contributed by atoms with Gasteiger partial charge in [0.1, 0.15) is 0 Å². The summed E-state index contributed by atoms with van der Waals surface area (Å²) in [7, 11) is 0. The average Bonchev–Trinajstić information content (AvgIpc) is 1.88. The molecule has 0 saturated carbocycles. The Labute approximate surface area is 71.8 Å². The molecule has 0 amide bonds. The maximum atomic E-state index is 2.55. The fourth-order valence-corrected chi connectivity index (χ4v) is 1.77. The third-order valence-electron chi connectivity index (χ3n) is 2.30. The Bertz CT molecular complexity index is 88.9. The quantitative estimate of drug-likeness (QED) is 0.593. The van der Waals surface area contributed by atoms with Gasteiger partial charge >= 0.3 is 0 Å². The zero-order valence-corrected chi connectivity index (χ0v) is 8.72. The van der Waals surface area contributed by atoms with Gasteiger partial charge in [0.05, 0.1) is 0 Å². The smallest absolute Gasteiger partial charge is 0.00694 e. The van der Waals surface area contributed by atoms with E-state index in [1.54, 1.807) is 0 Å². The highest BCUT2D eigenvalue weighted by Crippen LogP contribution is 2.09. The van der Waals surface area contributed by atoms with Crippen molar-refractivity contribution in [1.29, 1.82) is 0 Å². The number of nitrogens with zero attached hydrogens (tertiary/aromatic N) is 1. The molecule has 0 aromatic heterocycles. The fourth-order valence-electron chi connectivity index (χ4n) is 1.77. The van der Waals surface area contributed by atoms with Gasteiger partial charge in [-0.2, -0.15) is 0 Å². The Hall–Kier alpha value is -0.0400. The molecule has 1 unspecified atom stereocenters. The van der Waals surface area contributed by atoms with Gasteiger partial charge in [-0.1, -0.05) is 20.3 Å². The van der Waals surface area contributed by atoms with E-state index < -0.39 is 0 Å². The summed E-state index contributed by atoms with van der Waals surface area (Å²) in [6.45, 7) is 12.5. The van der Waals surface area contributed by atoms with Gasteiger partial charge in [-0.25, -0.2) is 0 Å². The summed E-state index contributed by atoms with van der Waals surface area (Å²) in [6.07, 6.45) is 2.62. The second-order valence-corrected chi connectivity index (χ2v) is 3.56. The van der Waals surface area contributed by atoms with Gasteiger partial charge in [-0.3, -0.25) is 4.90 Å². The number of rotatable bonds is 5. The van der Waals surface area contributed by atoms with Crippen LogP contribution in [0.1, 0.15) is 47.5 Å². The van der Waals surface area contributed by atoms with Crippen LogP contribution in [0.2, 0.25) is 0 Å². The van der Waals surface area contributed by atoms with Crippen molar-refractivity contribution in [3.05, 3.63) is 0 Å². The van der Waals surface area contributed by atoms with Crippen LogP contribution in [0.5, 0.6) is 0 Å². The Balaban J connectivity index is 3.81. The second kappa shape index (κ2) is 5.59. The van der Waals surface area contributed by atoms with E-state index in [4.69, 9.17) is 0 Å². The van der Waals surface area contributed by atoms with E-state index in [9.17, 15) is 0 Å². The number of hydrogen-bond acceptors (Lipinski definition) is 1. The minimum atomic E-state index is 0.696. The van der Waals surface area contributed by atoms with E-state index in [1.165, 1.54) is 19.4 Å². The van der Waals surface area contributed by atoms with Crippen molar-refractivity contribution < 1.29 is 0 Å². The summed E-state index contributed by atoms with van der Waals surface area (Å²) in [4.78, 5) is 2.55. The van der Waals surface area contributed by atoms with Crippen LogP contribution in [0, 0.1) is 0 Å². The first-order chi connectivity index (χ1) is 5.13. The maximum absolute atomic E-state index is 2.55. The lowest BCUT2D eigenvalue weighted by Crippen LogP contribution is -2.38. The van der Waals surface area contributed by atoms with Gasteiger partial charge in [-0.05, 0) is 33.7 Å². The molecule has 1 nitrogen and oxygen atoms in total. The van der Waals surface area contributed by atoms with Crippen LogP contribution >= 0.6 is 0 Å². The third-order valence-corrected chi connectivity index (χ3v) is 2.30. The van der Waals surface area contributed by atoms with Crippen molar-refractivity contribution in [2.45, 2.75) is 59.5 Å². The van der Waals surface area contributed by atoms with E-state index in [1.807, 2.05) is 0 Å². The lowest BCUT2D eigenvalue weighted by Gasteiger charge is -2.31. The molecule has 0 aliphatic carbocycles. The molecule has 1 heteroatoms. The minimum Gasteiger partial charge on any atom is -0.299 e. The van der Waals surface area contributed by atoms with Gasteiger partial charge in [-0.15, -0.1) is 0 Å². The summed E-state index contributed by atoms with van der Waals surface area (Å²) < 4.78 is 0. The molecule has 0 aromatic carbocycles. The van der Waals surface area contributed by atoms with Crippen molar-refractivity contribution in [1.82, 2.24) is 4.90 Å². The monoisotopic (exact) mass is 157 g/mol. The van der Waals surface area contributed by atoms with Crippen LogP contribution in [0.3, 0.4) is 0 Å². The van der Waals surface area contributed by atoms with Gasteiger partial charge in [0.15, 0.2) is 0 Å². The fraction of sp³-hybridized carbons (Fsp3) is 1.00. The largest absolute Gasteiger partial charge is 0.299 e. The van der Waals surface area contributed by atoms with Crippen molar-refractivity contribution >= 4 is 0 Å². The Morgan fingerprint density at radius 3 is 1.91 bits per heavy atom. The van der Waals surface area contributed by atoms with Crippen LogP contribution in [-0.4, -0.2) is 23.5 Å². The maximum Gasteiger partial charge on any atom is 0.00694 e. The molecule has 68 valence electrons. The summed E-state index contributed by atoms with van der Waals surface area (Å²) >= 11 is 0. The van der Waals surface area contributed by atoms with Crippen LogP contribution in [0.25, 0.3) is 0 Å². The van der Waals surface area contributed by atoms with Gasteiger partial charge in [0.2, 0.25) is 0 Å². The van der Waals surface area contributed by atoms with Gasteiger partial charge in [0, 0.05) is 12.1 Å². The number of hydrogen-bond donors (Lipinski definition) is 0. The molecular formula is C10H23N. The van der Waals surface area contributed by atoms with Crippen molar-refractivity contribution in [3.63, 3.8) is 0 Å². The molecule has 0 aromatic rings. The van der Waals surface area contributed by atoms with Gasteiger partial charge in [0.25, 0.3) is 0 Å². The minimum absolute atomic E-state index is 0.696. The molecule has 0 rings (SSSR count). The van der Waals surface area contributed by atoms with E-state index in [2.05, 4.69) is 39.5 Å². The van der Waals surface area contributed by atoms with Crippen molar-refractivity contribution in [3.8, 4) is 0 Å². The molecule has 0 heterocycles. The van der Waals surface area contributed by atoms with Crippen LogP contribution in [0.15, 0.2) is 0 Å². The predicted molar refractivity (Wildman–Crippen MR) is 51.9 cm³/mol. The molecule has 0 spiro atoms. The molecule has 0 radical (unpaired) electrons. The summed E-state index contributed by atoms with van der Waals surface area (Å²) in [5.74, 6) is 0. The molecule has 1 atom stereocenters. The van der Waals surface area contributed by atoms with E-state index >= 15 is 0 Å². The van der Waals surface area contributed by atoms with E-state index in [-0.39, 0.29) is 0 Å². The Kier molecular flexibility index (Phi) is 5.57. The van der Waals surface area contributed by atoms with E-state index in [0.717, 1.165) is 6.04 Å².